The van der Waals surface area contributed by atoms with E-state index in [0.29, 0.717) is 17.4 Å². The second-order valence-corrected chi connectivity index (χ2v) is 10.2. The Kier molecular flexibility index (Phi) is 6.05. The largest absolute Gasteiger partial charge is 0.480 e. The molecule has 1 aromatic rings. The summed E-state index contributed by atoms with van der Waals surface area (Å²) in [5, 5.41) is 9.59. The minimum absolute atomic E-state index is 0.108. The molecular weight excluding hydrogens is 455 g/mol. The van der Waals surface area contributed by atoms with Gasteiger partial charge in [-0.2, -0.15) is 0 Å². The van der Waals surface area contributed by atoms with Crippen LogP contribution < -0.4 is 4.74 Å². The Bertz CT molecular complexity index is 1020. The van der Waals surface area contributed by atoms with Gasteiger partial charge in [0, 0.05) is 17.4 Å². The average Bonchev–Trinajstić information content (AvgIpc) is 3.36. The number of carbonyl (C=O) groups is 3. The highest BCUT2D eigenvalue weighted by atomic mass is 35.5. The Morgan fingerprint density at radius 1 is 1.22 bits per heavy atom. The summed E-state index contributed by atoms with van der Waals surface area (Å²) in [6.07, 6.45) is 8.52. The summed E-state index contributed by atoms with van der Waals surface area (Å²) in [5.41, 5.74) is 1.00. The van der Waals surface area contributed by atoms with E-state index in [0.717, 1.165) is 42.4 Å². The van der Waals surface area contributed by atoms with Crippen LogP contribution in [0.1, 0.15) is 63.5 Å². The standard InChI is InChI=1S/C24H26Cl2O6/c1-23(2,22(29)30)32-18(28)12-31-17-9-13-11-24(14-5-3-4-6-14)8-7-15(27)10-16(24)19(13)21(26)20(17)25/h9-10,14H,3-8,11-12H2,1-2H3,(H,29,30). The van der Waals surface area contributed by atoms with Crippen molar-refractivity contribution in [3.05, 3.63) is 33.3 Å². The third kappa shape index (κ3) is 3.92. The fourth-order valence-electron chi connectivity index (χ4n) is 5.43. The van der Waals surface area contributed by atoms with Crippen molar-refractivity contribution in [1.82, 2.24) is 0 Å². The summed E-state index contributed by atoms with van der Waals surface area (Å²) in [4.78, 5) is 35.6. The van der Waals surface area contributed by atoms with Crippen LogP contribution in [0.2, 0.25) is 10.0 Å². The molecule has 172 valence electrons. The van der Waals surface area contributed by atoms with Gasteiger partial charge in [0.25, 0.3) is 0 Å². The minimum atomic E-state index is -1.66. The van der Waals surface area contributed by atoms with Crippen molar-refractivity contribution in [2.75, 3.05) is 6.61 Å². The third-order valence-corrected chi connectivity index (χ3v) is 7.91. The number of carboxylic acids is 1. The predicted octanol–water partition coefficient (Wildman–Crippen LogP) is 5.26. The van der Waals surface area contributed by atoms with Gasteiger partial charge in [0.1, 0.15) is 10.8 Å². The molecule has 8 heteroatoms. The first-order valence-corrected chi connectivity index (χ1v) is 11.6. The van der Waals surface area contributed by atoms with Crippen molar-refractivity contribution in [2.45, 2.75) is 64.4 Å². The molecule has 0 aromatic heterocycles. The van der Waals surface area contributed by atoms with E-state index in [4.69, 9.17) is 37.8 Å². The molecule has 1 saturated carbocycles. The lowest BCUT2D eigenvalue weighted by atomic mass is 9.64. The van der Waals surface area contributed by atoms with Crippen molar-refractivity contribution >= 4 is 46.5 Å². The smallest absolute Gasteiger partial charge is 0.347 e. The van der Waals surface area contributed by atoms with Gasteiger partial charge in [-0.1, -0.05) is 36.0 Å². The van der Waals surface area contributed by atoms with Gasteiger partial charge in [-0.25, -0.2) is 9.59 Å². The Morgan fingerprint density at radius 3 is 2.56 bits per heavy atom. The Labute approximate surface area is 196 Å². The first kappa shape index (κ1) is 23.1. The average molecular weight is 481 g/mol. The summed E-state index contributed by atoms with van der Waals surface area (Å²) < 4.78 is 10.6. The first-order chi connectivity index (χ1) is 15.0. The maximum absolute atomic E-state index is 12.3. The zero-order valence-corrected chi connectivity index (χ0v) is 19.6. The van der Waals surface area contributed by atoms with Crippen LogP contribution in [0.25, 0.3) is 5.57 Å². The van der Waals surface area contributed by atoms with E-state index in [-0.39, 0.29) is 22.0 Å². The van der Waals surface area contributed by atoms with Crippen molar-refractivity contribution in [3.8, 4) is 5.75 Å². The molecule has 3 aliphatic rings. The van der Waals surface area contributed by atoms with Gasteiger partial charge in [-0.3, -0.25) is 4.79 Å². The van der Waals surface area contributed by atoms with E-state index < -0.39 is 24.1 Å². The predicted molar refractivity (Wildman–Crippen MR) is 120 cm³/mol. The van der Waals surface area contributed by atoms with Crippen LogP contribution in [0.4, 0.5) is 0 Å². The summed E-state index contributed by atoms with van der Waals surface area (Å²) in [6, 6.07) is 1.79. The highest BCUT2D eigenvalue weighted by Gasteiger charge is 2.51. The van der Waals surface area contributed by atoms with E-state index >= 15 is 0 Å². The molecule has 6 nitrogen and oxygen atoms in total. The molecule has 1 fully saturated rings. The lowest BCUT2D eigenvalue weighted by Gasteiger charge is -2.39. The van der Waals surface area contributed by atoms with Crippen LogP contribution in [0.3, 0.4) is 0 Å². The Balaban J connectivity index is 1.62. The molecule has 0 radical (unpaired) electrons. The second kappa shape index (κ2) is 8.38. The number of aliphatic carboxylic acids is 1. The summed E-state index contributed by atoms with van der Waals surface area (Å²) in [6.45, 7) is 2.07. The van der Waals surface area contributed by atoms with Crippen LogP contribution >= 0.6 is 23.2 Å². The van der Waals surface area contributed by atoms with Crippen LogP contribution in [-0.4, -0.2) is 35.0 Å². The second-order valence-electron chi connectivity index (χ2n) is 9.45. The zero-order chi connectivity index (χ0) is 23.3. The topological polar surface area (TPSA) is 89.9 Å². The van der Waals surface area contributed by atoms with E-state index in [2.05, 4.69) is 0 Å². The molecule has 1 N–H and O–H groups in total. The van der Waals surface area contributed by atoms with Crippen LogP contribution in [0.5, 0.6) is 5.75 Å². The van der Waals surface area contributed by atoms with Crippen molar-refractivity contribution in [2.24, 2.45) is 11.3 Å². The Hall–Kier alpha value is -2.05. The van der Waals surface area contributed by atoms with Gasteiger partial charge in [0.15, 0.2) is 12.4 Å². The van der Waals surface area contributed by atoms with Crippen molar-refractivity contribution in [1.29, 1.82) is 0 Å². The normalized spacial score (nSPS) is 22.9. The van der Waals surface area contributed by atoms with Gasteiger partial charge in [-0.15, -0.1) is 0 Å². The number of esters is 1. The number of carbonyl (C=O) groups excluding carboxylic acids is 2. The molecule has 4 rings (SSSR count). The summed E-state index contributed by atoms with van der Waals surface area (Å²) in [7, 11) is 0. The number of fused-ring (bicyclic) bond motifs is 3. The molecule has 3 aliphatic carbocycles. The summed E-state index contributed by atoms with van der Waals surface area (Å²) in [5.74, 6) is -1.23. The number of ether oxygens (including phenoxy) is 2. The number of carboxylic acid groups (broad SMARTS) is 1. The number of halogens is 2. The van der Waals surface area contributed by atoms with Crippen LogP contribution in [0.15, 0.2) is 12.1 Å². The van der Waals surface area contributed by atoms with E-state index in [9.17, 15) is 14.4 Å². The maximum Gasteiger partial charge on any atom is 0.347 e. The zero-order valence-electron chi connectivity index (χ0n) is 18.1. The lowest BCUT2D eigenvalue weighted by Crippen LogP contribution is -2.38. The number of rotatable bonds is 6. The van der Waals surface area contributed by atoms with Crippen molar-refractivity contribution in [3.63, 3.8) is 0 Å². The van der Waals surface area contributed by atoms with Gasteiger partial charge in [0.2, 0.25) is 5.60 Å². The first-order valence-electron chi connectivity index (χ1n) is 10.9. The number of benzene rings is 1. The fourth-order valence-corrected chi connectivity index (χ4v) is 5.95. The fraction of sp³-hybridized carbons (Fsp3) is 0.542. The van der Waals surface area contributed by atoms with Gasteiger partial charge in [0.05, 0.1) is 5.02 Å². The molecular formula is C24H26Cl2O6. The van der Waals surface area contributed by atoms with E-state index in [1.165, 1.54) is 26.7 Å². The van der Waals surface area contributed by atoms with Gasteiger partial charge >= 0.3 is 11.9 Å². The van der Waals surface area contributed by atoms with Gasteiger partial charge in [-0.05, 0) is 68.7 Å². The highest BCUT2D eigenvalue weighted by molar-refractivity contribution is 6.44. The number of hydrogen-bond donors (Lipinski definition) is 1. The number of ketones is 1. The number of allylic oxidation sites excluding steroid dienone is 2. The molecule has 0 bridgehead atoms. The number of hydrogen-bond acceptors (Lipinski definition) is 5. The molecule has 1 atom stereocenters. The van der Waals surface area contributed by atoms with E-state index in [1.807, 2.05) is 0 Å². The molecule has 32 heavy (non-hydrogen) atoms. The molecule has 0 aliphatic heterocycles. The monoisotopic (exact) mass is 480 g/mol. The molecule has 0 amide bonds. The quantitative estimate of drug-likeness (QED) is 0.558. The molecule has 0 saturated heterocycles. The molecule has 1 aromatic carbocycles. The van der Waals surface area contributed by atoms with Gasteiger partial charge < -0.3 is 14.6 Å². The minimum Gasteiger partial charge on any atom is -0.480 e. The maximum atomic E-state index is 12.3. The summed E-state index contributed by atoms with van der Waals surface area (Å²) >= 11 is 13.2. The molecule has 1 unspecified atom stereocenters. The SMILES string of the molecule is CC(C)(OC(=O)COc1cc2c(c(Cl)c1Cl)C1=CC(=O)CCC1(C1CCCC1)C2)C(=O)O. The third-order valence-electron chi connectivity index (χ3n) is 7.06. The van der Waals surface area contributed by atoms with Crippen LogP contribution in [0, 0.1) is 11.3 Å². The molecule has 0 spiro atoms. The lowest BCUT2D eigenvalue weighted by molar-refractivity contribution is -0.175. The Morgan fingerprint density at radius 2 is 1.91 bits per heavy atom. The van der Waals surface area contributed by atoms with E-state index in [1.54, 1.807) is 12.1 Å². The highest BCUT2D eigenvalue weighted by Crippen LogP contribution is 2.62. The molecule has 0 heterocycles. The van der Waals surface area contributed by atoms with Crippen molar-refractivity contribution < 1.29 is 29.0 Å². The van der Waals surface area contributed by atoms with Crippen LogP contribution in [-0.2, 0) is 25.5 Å².